The van der Waals surface area contributed by atoms with Crippen LogP contribution in [0.5, 0.6) is 0 Å². The molecule has 3 N–H and O–H groups in total. The second-order valence-corrected chi connectivity index (χ2v) is 7.15. The van der Waals surface area contributed by atoms with Gasteiger partial charge in [0.2, 0.25) is 0 Å². The summed E-state index contributed by atoms with van der Waals surface area (Å²) in [5.41, 5.74) is 0. The van der Waals surface area contributed by atoms with Crippen molar-refractivity contribution < 1.29 is 9.59 Å². The first kappa shape index (κ1) is 23.2. The maximum absolute atomic E-state index is 11.9. The predicted octanol–water partition coefficient (Wildman–Crippen LogP) is 1.34. The van der Waals surface area contributed by atoms with E-state index in [2.05, 4.69) is 28.5 Å². The van der Waals surface area contributed by atoms with Gasteiger partial charge in [0.25, 0.3) is 0 Å². The fraction of sp³-hybridized carbons (Fsp3) is 0.857. The Hall–Kier alpha value is -0.0800. The number of likely N-dealkylation sites (N-methyl/N-ethyl adjacent to an activating group) is 1. The van der Waals surface area contributed by atoms with E-state index in [4.69, 9.17) is 0 Å². The summed E-state index contributed by atoms with van der Waals surface area (Å²) in [4.78, 5) is 23.1. The van der Waals surface area contributed by atoms with Crippen LogP contribution in [-0.2, 0) is 9.59 Å². The van der Waals surface area contributed by atoms with E-state index in [1.165, 1.54) is 0 Å². The zero-order valence-corrected chi connectivity index (χ0v) is 15.7. The van der Waals surface area contributed by atoms with Crippen molar-refractivity contribution in [2.75, 3.05) is 39.7 Å². The van der Waals surface area contributed by atoms with Gasteiger partial charge in [0.1, 0.15) is 5.78 Å². The van der Waals surface area contributed by atoms with Gasteiger partial charge in [0.05, 0.1) is 18.6 Å². The van der Waals surface area contributed by atoms with Crippen molar-refractivity contribution in [2.24, 2.45) is 0 Å². The molecule has 0 saturated carbocycles. The highest BCUT2D eigenvalue weighted by atomic mass is 33.1. The van der Waals surface area contributed by atoms with Crippen LogP contribution in [0.2, 0.25) is 0 Å². The molecule has 7 heteroatoms. The molecular weight excluding hydrogens is 306 g/mol. The molecule has 0 rings (SSSR count). The van der Waals surface area contributed by atoms with Crippen molar-refractivity contribution in [3.8, 4) is 0 Å². The average molecular weight is 338 g/mol. The van der Waals surface area contributed by atoms with Gasteiger partial charge in [0.15, 0.2) is 5.78 Å². The fourth-order valence-electron chi connectivity index (χ4n) is 1.68. The number of Topliss-reactive ketones (excluding diaryl/α,β-unsaturated/α-hetero) is 2. The molecule has 0 fully saturated rings. The van der Waals surface area contributed by atoms with Gasteiger partial charge in [-0.25, -0.2) is 0 Å². The zero-order chi connectivity index (χ0) is 16.7. The second kappa shape index (κ2) is 16.3. The molecule has 0 aromatic rings. The first-order chi connectivity index (χ1) is 9.98. The van der Waals surface area contributed by atoms with E-state index in [1.54, 1.807) is 35.6 Å². The summed E-state index contributed by atoms with van der Waals surface area (Å²) in [6, 6.07) is -0.361. The second-order valence-electron chi connectivity index (χ2n) is 4.49. The maximum atomic E-state index is 11.9. The molecule has 0 aromatic carbocycles. The van der Waals surface area contributed by atoms with E-state index in [9.17, 15) is 9.59 Å². The molecule has 0 bridgehead atoms. The van der Waals surface area contributed by atoms with Gasteiger partial charge < -0.3 is 16.0 Å². The van der Waals surface area contributed by atoms with E-state index >= 15 is 0 Å². The summed E-state index contributed by atoms with van der Waals surface area (Å²) in [6.45, 7) is 4.51. The molecule has 21 heavy (non-hydrogen) atoms. The monoisotopic (exact) mass is 337 g/mol. The van der Waals surface area contributed by atoms with Crippen LogP contribution in [0.1, 0.15) is 26.7 Å². The Morgan fingerprint density at radius 1 is 1.10 bits per heavy atom. The Morgan fingerprint density at radius 3 is 2.00 bits per heavy atom. The normalized spacial score (nSPS) is 13.0. The number of hydrogen-bond donors (Lipinski definition) is 3. The van der Waals surface area contributed by atoms with E-state index in [1.807, 2.05) is 14.0 Å². The van der Waals surface area contributed by atoms with Gasteiger partial charge in [-0.2, -0.15) is 0 Å². The Labute approximate surface area is 137 Å². The van der Waals surface area contributed by atoms with E-state index in [0.717, 1.165) is 13.0 Å². The van der Waals surface area contributed by atoms with Crippen LogP contribution >= 0.6 is 21.6 Å². The van der Waals surface area contributed by atoms with Gasteiger partial charge in [0, 0.05) is 0 Å². The molecule has 0 radical (unpaired) electrons. The van der Waals surface area contributed by atoms with Gasteiger partial charge in [-0.15, -0.1) is 0 Å². The van der Waals surface area contributed by atoms with E-state index in [-0.39, 0.29) is 30.2 Å². The lowest BCUT2D eigenvalue weighted by Gasteiger charge is -2.18. The highest BCUT2D eigenvalue weighted by Gasteiger charge is 2.18. The number of carbonyl (C=O) groups excluding carboxylic acids is 2. The largest absolute Gasteiger partial charge is 0.320 e. The number of nitrogens with one attached hydrogen (secondary N) is 3. The Kier molecular flexibility index (Phi) is 18.0. The van der Waals surface area contributed by atoms with Crippen molar-refractivity contribution in [1.82, 2.24) is 16.0 Å². The first-order valence-electron chi connectivity index (χ1n) is 7.13. The van der Waals surface area contributed by atoms with Crippen LogP contribution in [0.3, 0.4) is 0 Å². The highest BCUT2D eigenvalue weighted by Crippen LogP contribution is 2.09. The molecule has 0 aliphatic carbocycles. The van der Waals surface area contributed by atoms with Crippen molar-refractivity contribution in [3.63, 3.8) is 0 Å². The molecule has 0 heterocycles. The van der Waals surface area contributed by atoms with Gasteiger partial charge in [-0.05, 0) is 52.9 Å². The smallest absolute Gasteiger partial charge is 0.163 e. The summed E-state index contributed by atoms with van der Waals surface area (Å²) in [6.07, 6.45) is 5.59. The summed E-state index contributed by atoms with van der Waals surface area (Å²) in [7, 11) is 7.18. The molecule has 2 atom stereocenters. The first-order valence-corrected chi connectivity index (χ1v) is 10.1. The predicted molar refractivity (Wildman–Crippen MR) is 96.2 cm³/mol. The Morgan fingerprint density at radius 2 is 1.67 bits per heavy atom. The average Bonchev–Trinajstić information content (AvgIpc) is 2.48. The molecule has 0 aromatic heterocycles. The number of hydrogen-bond acceptors (Lipinski definition) is 7. The van der Waals surface area contributed by atoms with E-state index in [0.29, 0.717) is 6.42 Å². The van der Waals surface area contributed by atoms with Crippen LogP contribution in [0.25, 0.3) is 0 Å². The standard InChI is InChI=1S/C12H25N3O2.C2H6S2/c1-5-10(9(2)16)15-8-12(17)11(14-4)6-7-13-3;1-3-4-2/h10-11,13-15H,5-8H2,1-4H3;1-2H3/t10-,11-;/m0./s1. The van der Waals surface area contributed by atoms with Crippen LogP contribution < -0.4 is 16.0 Å². The van der Waals surface area contributed by atoms with Crippen LogP contribution in [-0.4, -0.2) is 63.3 Å². The van der Waals surface area contributed by atoms with Crippen LogP contribution in [0, 0.1) is 0 Å². The van der Waals surface area contributed by atoms with Gasteiger partial charge >= 0.3 is 0 Å². The Bertz CT molecular complexity index is 277. The third-order valence-electron chi connectivity index (χ3n) is 3.01. The molecule has 0 spiro atoms. The van der Waals surface area contributed by atoms with Crippen LogP contribution in [0.15, 0.2) is 0 Å². The lowest BCUT2D eigenvalue weighted by atomic mass is 10.1. The number of rotatable bonds is 11. The van der Waals surface area contributed by atoms with Gasteiger partial charge in [-0.3, -0.25) is 9.59 Å². The maximum Gasteiger partial charge on any atom is 0.163 e. The summed E-state index contributed by atoms with van der Waals surface area (Å²) in [5.74, 6) is 0.180. The van der Waals surface area contributed by atoms with Gasteiger partial charge in [-0.1, -0.05) is 28.5 Å². The summed E-state index contributed by atoms with van der Waals surface area (Å²) >= 11 is 0. The third kappa shape index (κ3) is 13.3. The Balaban J connectivity index is 0. The molecular formula is C14H31N3O2S2. The van der Waals surface area contributed by atoms with Crippen molar-refractivity contribution in [3.05, 3.63) is 0 Å². The third-order valence-corrected chi connectivity index (χ3v) is 4.34. The summed E-state index contributed by atoms with van der Waals surface area (Å²) in [5, 5.41) is 9.01. The minimum atomic E-state index is -0.208. The topological polar surface area (TPSA) is 70.2 Å². The minimum absolute atomic E-state index is 0.0801. The SMILES string of the molecule is CC[C@H](NCC(=O)[C@H](CCNC)NC)C(C)=O.CSSC. The van der Waals surface area contributed by atoms with Crippen molar-refractivity contribution in [2.45, 2.75) is 38.8 Å². The molecule has 0 aliphatic heterocycles. The quantitative estimate of drug-likeness (QED) is 0.491. The van der Waals surface area contributed by atoms with Crippen LogP contribution in [0.4, 0.5) is 0 Å². The van der Waals surface area contributed by atoms with Crippen molar-refractivity contribution in [1.29, 1.82) is 0 Å². The fourth-order valence-corrected chi connectivity index (χ4v) is 1.68. The zero-order valence-electron chi connectivity index (χ0n) is 14.1. The lowest BCUT2D eigenvalue weighted by molar-refractivity contribution is -0.121. The molecule has 0 unspecified atom stereocenters. The molecule has 5 nitrogen and oxygen atoms in total. The van der Waals surface area contributed by atoms with E-state index < -0.39 is 0 Å². The highest BCUT2D eigenvalue weighted by molar-refractivity contribution is 8.76. The molecule has 0 aliphatic rings. The number of ketones is 2. The molecule has 126 valence electrons. The molecule has 0 saturated heterocycles. The molecule has 0 amide bonds. The number of carbonyl (C=O) groups is 2. The minimum Gasteiger partial charge on any atom is -0.320 e. The summed E-state index contributed by atoms with van der Waals surface area (Å²) < 4.78 is 0. The van der Waals surface area contributed by atoms with Crippen molar-refractivity contribution >= 4 is 33.2 Å². The lowest BCUT2D eigenvalue weighted by Crippen LogP contribution is -2.45.